The smallest absolute Gasteiger partial charge is 0.123 e. The Labute approximate surface area is 136 Å². The molecule has 0 unspecified atom stereocenters. The van der Waals surface area contributed by atoms with Crippen molar-refractivity contribution in [2.75, 3.05) is 12.4 Å². The Hall–Kier alpha value is -1.59. The number of thiazole rings is 1. The zero-order valence-corrected chi connectivity index (χ0v) is 14.2. The summed E-state index contributed by atoms with van der Waals surface area (Å²) in [7, 11) is 1.69. The van der Waals surface area contributed by atoms with Crippen LogP contribution in [0.3, 0.4) is 0 Å². The molecule has 0 saturated carbocycles. The Morgan fingerprint density at radius 3 is 2.90 bits per heavy atom. The van der Waals surface area contributed by atoms with Crippen LogP contribution in [-0.2, 0) is 6.54 Å². The van der Waals surface area contributed by atoms with Crippen molar-refractivity contribution in [3.05, 3.63) is 51.4 Å². The molecule has 108 valence electrons. The van der Waals surface area contributed by atoms with Gasteiger partial charge in [-0.25, -0.2) is 4.98 Å². The van der Waals surface area contributed by atoms with Crippen molar-refractivity contribution in [1.82, 2.24) is 4.98 Å². The molecule has 0 aliphatic heterocycles. The van der Waals surface area contributed by atoms with Crippen molar-refractivity contribution >= 4 is 43.2 Å². The highest BCUT2D eigenvalue weighted by Gasteiger charge is 2.05. The maximum Gasteiger partial charge on any atom is 0.123 e. The van der Waals surface area contributed by atoms with Crippen molar-refractivity contribution < 1.29 is 4.74 Å². The predicted molar refractivity (Wildman–Crippen MR) is 92.4 cm³/mol. The van der Waals surface area contributed by atoms with Gasteiger partial charge in [0.05, 0.1) is 22.3 Å². The lowest BCUT2D eigenvalue weighted by molar-refractivity contribution is 0.410. The lowest BCUT2D eigenvalue weighted by atomic mass is 10.2. The summed E-state index contributed by atoms with van der Waals surface area (Å²) in [5.74, 6) is 0.889. The summed E-state index contributed by atoms with van der Waals surface area (Å²) in [6, 6.07) is 12.3. The van der Waals surface area contributed by atoms with Crippen LogP contribution in [0, 0.1) is 6.92 Å². The van der Waals surface area contributed by atoms with Gasteiger partial charge in [-0.05, 0) is 43.3 Å². The molecule has 0 bridgehead atoms. The molecule has 1 aromatic heterocycles. The van der Waals surface area contributed by atoms with Crippen LogP contribution >= 0.6 is 27.3 Å². The minimum atomic E-state index is 0.714. The average Bonchev–Trinajstić information content (AvgIpc) is 2.84. The molecule has 0 amide bonds. The Morgan fingerprint density at radius 2 is 2.10 bits per heavy atom. The first-order valence-electron chi connectivity index (χ1n) is 6.59. The monoisotopic (exact) mass is 362 g/mol. The fraction of sp³-hybridized carbons (Fsp3) is 0.188. The molecule has 2 aromatic carbocycles. The van der Waals surface area contributed by atoms with E-state index in [4.69, 9.17) is 4.74 Å². The quantitative estimate of drug-likeness (QED) is 0.709. The van der Waals surface area contributed by atoms with Crippen LogP contribution in [-0.4, -0.2) is 12.1 Å². The molecule has 1 N–H and O–H groups in total. The van der Waals surface area contributed by atoms with Crippen LogP contribution in [0.15, 0.2) is 40.9 Å². The number of nitrogens with one attached hydrogen (secondary N) is 1. The predicted octanol–water partition coefficient (Wildman–Crippen LogP) is 4.99. The van der Waals surface area contributed by atoms with Crippen molar-refractivity contribution in [3.8, 4) is 5.75 Å². The molecule has 3 aromatic rings. The number of nitrogens with zero attached hydrogens (tertiary/aromatic N) is 1. The van der Waals surface area contributed by atoms with Gasteiger partial charge in [0.2, 0.25) is 0 Å². The zero-order chi connectivity index (χ0) is 14.8. The van der Waals surface area contributed by atoms with Gasteiger partial charge in [0.1, 0.15) is 5.75 Å². The normalized spacial score (nSPS) is 10.8. The van der Waals surface area contributed by atoms with Crippen LogP contribution in [0.4, 0.5) is 5.69 Å². The van der Waals surface area contributed by atoms with E-state index in [1.165, 1.54) is 4.70 Å². The van der Waals surface area contributed by atoms with Gasteiger partial charge in [-0.15, -0.1) is 11.3 Å². The van der Waals surface area contributed by atoms with Gasteiger partial charge in [0.25, 0.3) is 0 Å². The Morgan fingerprint density at radius 1 is 1.24 bits per heavy atom. The minimum absolute atomic E-state index is 0.714. The van der Waals surface area contributed by atoms with Gasteiger partial charge < -0.3 is 10.1 Å². The first-order valence-corrected chi connectivity index (χ1v) is 8.20. The molecule has 3 rings (SSSR count). The van der Waals surface area contributed by atoms with Crippen LogP contribution in [0.1, 0.15) is 10.6 Å². The third-order valence-electron chi connectivity index (χ3n) is 3.22. The number of hydrogen-bond acceptors (Lipinski definition) is 4. The molecule has 0 aliphatic rings. The summed E-state index contributed by atoms with van der Waals surface area (Å²) in [6.07, 6.45) is 0. The first-order chi connectivity index (χ1) is 10.2. The Balaban J connectivity index is 1.81. The van der Waals surface area contributed by atoms with E-state index in [1.807, 2.05) is 19.1 Å². The molecule has 0 atom stereocenters. The second-order valence-corrected chi connectivity index (χ2v) is 6.88. The van der Waals surface area contributed by atoms with Crippen LogP contribution in [0.25, 0.3) is 10.2 Å². The molecule has 0 fully saturated rings. The van der Waals surface area contributed by atoms with E-state index in [1.54, 1.807) is 18.4 Å². The van der Waals surface area contributed by atoms with Gasteiger partial charge >= 0.3 is 0 Å². The number of hydrogen-bond donors (Lipinski definition) is 1. The summed E-state index contributed by atoms with van der Waals surface area (Å²) in [5.41, 5.74) is 3.27. The van der Waals surface area contributed by atoms with E-state index in [2.05, 4.69) is 50.5 Å². The number of aryl methyl sites for hydroxylation is 1. The van der Waals surface area contributed by atoms with E-state index in [0.717, 1.165) is 32.0 Å². The number of halogens is 1. The summed E-state index contributed by atoms with van der Waals surface area (Å²) < 4.78 is 7.65. The molecule has 0 aliphatic carbocycles. The van der Waals surface area contributed by atoms with E-state index >= 15 is 0 Å². The molecule has 21 heavy (non-hydrogen) atoms. The van der Waals surface area contributed by atoms with Gasteiger partial charge in [-0.2, -0.15) is 0 Å². The summed E-state index contributed by atoms with van der Waals surface area (Å²) in [4.78, 5) is 4.48. The van der Waals surface area contributed by atoms with Crippen LogP contribution < -0.4 is 10.1 Å². The van der Waals surface area contributed by atoms with Gasteiger partial charge in [-0.3, -0.25) is 0 Å². The number of ether oxygens (including phenoxy) is 1. The molecule has 0 radical (unpaired) electrons. The third-order valence-corrected chi connectivity index (χ3v) is 4.65. The maximum absolute atomic E-state index is 5.39. The van der Waals surface area contributed by atoms with Crippen LogP contribution in [0.2, 0.25) is 0 Å². The average molecular weight is 363 g/mol. The highest BCUT2D eigenvalue weighted by Crippen LogP contribution is 2.27. The zero-order valence-electron chi connectivity index (χ0n) is 11.8. The fourth-order valence-electron chi connectivity index (χ4n) is 2.23. The summed E-state index contributed by atoms with van der Waals surface area (Å²) in [6.45, 7) is 2.75. The topological polar surface area (TPSA) is 34.1 Å². The number of anilines is 1. The third kappa shape index (κ3) is 3.19. The second-order valence-electron chi connectivity index (χ2n) is 4.73. The second kappa shape index (κ2) is 6.03. The Kier molecular flexibility index (Phi) is 4.12. The molecular formula is C16H15BrN2OS. The molecule has 1 heterocycles. The van der Waals surface area contributed by atoms with Gasteiger partial charge in [-0.1, -0.05) is 15.9 Å². The number of methoxy groups -OCH3 is 1. The summed E-state index contributed by atoms with van der Waals surface area (Å²) in [5, 5.41) is 4.54. The lowest BCUT2D eigenvalue weighted by Crippen LogP contribution is -2.01. The molecule has 0 spiro atoms. The fourth-order valence-corrected chi connectivity index (χ4v) is 3.51. The standard InChI is InChI=1S/C16H15BrN2OS/c1-10-19-14-5-4-13(8-16(14)21-10)18-9-11-7-12(17)3-6-15(11)20-2/h3-8,18H,9H2,1-2H3. The minimum Gasteiger partial charge on any atom is -0.496 e. The highest BCUT2D eigenvalue weighted by molar-refractivity contribution is 9.10. The Bertz CT molecular complexity index is 785. The van der Waals surface area contributed by atoms with Crippen molar-refractivity contribution in [2.45, 2.75) is 13.5 Å². The summed E-state index contributed by atoms with van der Waals surface area (Å²) >= 11 is 5.21. The number of benzene rings is 2. The van der Waals surface area contributed by atoms with Gasteiger partial charge in [0, 0.05) is 22.3 Å². The molecule has 3 nitrogen and oxygen atoms in total. The van der Waals surface area contributed by atoms with Gasteiger partial charge in [0.15, 0.2) is 0 Å². The largest absolute Gasteiger partial charge is 0.496 e. The maximum atomic E-state index is 5.39. The molecule has 5 heteroatoms. The van der Waals surface area contributed by atoms with E-state index in [-0.39, 0.29) is 0 Å². The van der Waals surface area contributed by atoms with Crippen molar-refractivity contribution in [1.29, 1.82) is 0 Å². The van der Waals surface area contributed by atoms with E-state index in [0.29, 0.717) is 6.54 Å². The number of aromatic nitrogens is 1. The lowest BCUT2D eigenvalue weighted by Gasteiger charge is -2.11. The van der Waals surface area contributed by atoms with Crippen molar-refractivity contribution in [2.24, 2.45) is 0 Å². The highest BCUT2D eigenvalue weighted by atomic mass is 79.9. The van der Waals surface area contributed by atoms with E-state index in [9.17, 15) is 0 Å². The molecular weight excluding hydrogens is 348 g/mol. The number of fused-ring (bicyclic) bond motifs is 1. The molecule has 0 saturated heterocycles. The first kappa shape index (κ1) is 14.4. The van der Waals surface area contributed by atoms with Crippen molar-refractivity contribution in [3.63, 3.8) is 0 Å². The van der Waals surface area contributed by atoms with Crippen LogP contribution in [0.5, 0.6) is 5.75 Å². The van der Waals surface area contributed by atoms with E-state index < -0.39 is 0 Å². The SMILES string of the molecule is COc1ccc(Br)cc1CNc1ccc2nc(C)sc2c1. The number of rotatable bonds is 4.